The van der Waals surface area contributed by atoms with Crippen molar-refractivity contribution in [3.63, 3.8) is 0 Å². The van der Waals surface area contributed by atoms with Gasteiger partial charge < -0.3 is 5.32 Å². The van der Waals surface area contributed by atoms with E-state index >= 15 is 0 Å². The lowest BCUT2D eigenvalue weighted by molar-refractivity contribution is -0.117. The van der Waals surface area contributed by atoms with Crippen molar-refractivity contribution in [2.75, 3.05) is 23.7 Å². The van der Waals surface area contributed by atoms with E-state index in [2.05, 4.69) is 31.6 Å². The molecule has 0 unspecified atom stereocenters. The number of carbonyl (C=O) groups excluding carboxylic acids is 2. The molecule has 0 spiro atoms. The fraction of sp³-hybridized carbons (Fsp3) is 0.273. The van der Waals surface area contributed by atoms with Crippen LogP contribution < -0.4 is 10.6 Å². The topological polar surface area (TPSA) is 87.2 Å². The van der Waals surface area contributed by atoms with Crippen LogP contribution in [0.15, 0.2) is 42.6 Å². The zero-order valence-corrected chi connectivity index (χ0v) is 17.8. The lowest BCUT2D eigenvalue weighted by atomic mass is 10.1. The van der Waals surface area contributed by atoms with Crippen LogP contribution >= 0.6 is 11.3 Å². The molecular formula is C22H23N5O2S. The number of thiazole rings is 1. The summed E-state index contributed by atoms with van der Waals surface area (Å²) < 4.78 is 0. The quantitative estimate of drug-likeness (QED) is 0.659. The van der Waals surface area contributed by atoms with Crippen LogP contribution in [0.2, 0.25) is 0 Å². The first kappa shape index (κ1) is 20.2. The van der Waals surface area contributed by atoms with Gasteiger partial charge in [0, 0.05) is 36.3 Å². The standard InChI is InChI=1S/C22H23N5O2S/c1-14-6-7-16(15(2)11-14)24-20(28)13-27-10-8-17-19(12-27)30-22(25-17)26-21(29)18-5-3-4-9-23-18/h3-7,9,11H,8,10,12-13H2,1-2H3,(H,24,28)(H,25,26,29). The van der Waals surface area contributed by atoms with E-state index in [1.54, 1.807) is 24.4 Å². The Labute approximate surface area is 179 Å². The monoisotopic (exact) mass is 421 g/mol. The number of benzene rings is 1. The average molecular weight is 422 g/mol. The maximum absolute atomic E-state index is 12.5. The Morgan fingerprint density at radius 1 is 1.17 bits per heavy atom. The highest BCUT2D eigenvalue weighted by atomic mass is 32.1. The number of aromatic nitrogens is 2. The number of nitrogens with zero attached hydrogens (tertiary/aromatic N) is 3. The summed E-state index contributed by atoms with van der Waals surface area (Å²) in [7, 11) is 0. The van der Waals surface area contributed by atoms with Crippen molar-refractivity contribution in [1.82, 2.24) is 14.9 Å². The van der Waals surface area contributed by atoms with Crippen LogP contribution in [0.1, 0.15) is 32.2 Å². The highest BCUT2D eigenvalue weighted by Gasteiger charge is 2.23. The summed E-state index contributed by atoms with van der Waals surface area (Å²) in [6.07, 6.45) is 2.34. The van der Waals surface area contributed by atoms with Crippen LogP contribution in [0.25, 0.3) is 0 Å². The molecule has 0 saturated carbocycles. The predicted octanol–water partition coefficient (Wildman–Crippen LogP) is 3.40. The van der Waals surface area contributed by atoms with Gasteiger partial charge in [0.05, 0.1) is 12.2 Å². The van der Waals surface area contributed by atoms with Gasteiger partial charge in [0.2, 0.25) is 5.91 Å². The second-order valence-electron chi connectivity index (χ2n) is 7.39. The number of hydrogen-bond donors (Lipinski definition) is 2. The molecule has 3 heterocycles. The number of amides is 2. The van der Waals surface area contributed by atoms with Crippen LogP contribution in [0.3, 0.4) is 0 Å². The predicted molar refractivity (Wildman–Crippen MR) is 118 cm³/mol. The lowest BCUT2D eigenvalue weighted by Crippen LogP contribution is -2.36. The Kier molecular flexibility index (Phi) is 5.87. The van der Waals surface area contributed by atoms with E-state index in [0.717, 1.165) is 34.8 Å². The van der Waals surface area contributed by atoms with Crippen molar-refractivity contribution in [3.8, 4) is 0 Å². The van der Waals surface area contributed by atoms with Crippen LogP contribution in [-0.4, -0.2) is 39.8 Å². The Bertz CT molecular complexity index is 1080. The van der Waals surface area contributed by atoms with Gasteiger partial charge in [-0.1, -0.05) is 23.8 Å². The summed E-state index contributed by atoms with van der Waals surface area (Å²) in [5.74, 6) is -0.301. The van der Waals surface area contributed by atoms with Crippen LogP contribution in [0.5, 0.6) is 0 Å². The first-order chi connectivity index (χ1) is 14.5. The highest BCUT2D eigenvalue weighted by Crippen LogP contribution is 2.28. The third kappa shape index (κ3) is 4.72. The maximum atomic E-state index is 12.5. The second kappa shape index (κ2) is 8.73. The summed E-state index contributed by atoms with van der Waals surface area (Å²) in [5.41, 5.74) is 4.42. The fourth-order valence-corrected chi connectivity index (χ4v) is 4.49. The van der Waals surface area contributed by atoms with Crippen molar-refractivity contribution >= 4 is 34.0 Å². The van der Waals surface area contributed by atoms with Crippen molar-refractivity contribution in [3.05, 3.63) is 70.0 Å². The number of nitrogens with one attached hydrogen (secondary N) is 2. The first-order valence-corrected chi connectivity index (χ1v) is 10.6. The molecule has 0 saturated heterocycles. The number of anilines is 2. The third-order valence-electron chi connectivity index (χ3n) is 4.95. The molecule has 7 nitrogen and oxygen atoms in total. The van der Waals surface area contributed by atoms with Gasteiger partial charge in [-0.15, -0.1) is 11.3 Å². The molecule has 1 aliphatic heterocycles. The average Bonchev–Trinajstić information content (AvgIpc) is 3.12. The van der Waals surface area contributed by atoms with Gasteiger partial charge >= 0.3 is 0 Å². The minimum absolute atomic E-state index is 0.0291. The largest absolute Gasteiger partial charge is 0.325 e. The SMILES string of the molecule is Cc1ccc(NC(=O)CN2CCc3nc(NC(=O)c4ccccn4)sc3C2)c(C)c1. The van der Waals surface area contributed by atoms with Crippen LogP contribution in [-0.2, 0) is 17.8 Å². The molecular weight excluding hydrogens is 398 g/mol. The van der Waals surface area contributed by atoms with Crippen molar-refractivity contribution < 1.29 is 9.59 Å². The molecule has 30 heavy (non-hydrogen) atoms. The molecule has 0 bridgehead atoms. The Hall–Kier alpha value is -3.10. The molecule has 1 aliphatic rings. The van der Waals surface area contributed by atoms with Gasteiger partial charge in [0.15, 0.2) is 5.13 Å². The Morgan fingerprint density at radius 3 is 2.80 bits per heavy atom. The minimum atomic E-state index is -0.272. The second-order valence-corrected chi connectivity index (χ2v) is 8.47. The van der Waals surface area contributed by atoms with E-state index in [4.69, 9.17) is 0 Å². The Balaban J connectivity index is 1.35. The molecule has 8 heteroatoms. The molecule has 0 fully saturated rings. The van der Waals surface area contributed by atoms with Gasteiger partial charge in [-0.25, -0.2) is 4.98 Å². The summed E-state index contributed by atoms with van der Waals surface area (Å²) in [5, 5.41) is 6.39. The summed E-state index contributed by atoms with van der Waals surface area (Å²) in [6, 6.07) is 11.2. The molecule has 4 rings (SSSR count). The smallest absolute Gasteiger partial charge is 0.276 e. The van der Waals surface area contributed by atoms with Gasteiger partial charge in [-0.05, 0) is 37.6 Å². The van der Waals surface area contributed by atoms with Gasteiger partial charge in [0.25, 0.3) is 5.91 Å². The normalized spacial score (nSPS) is 13.5. The van der Waals surface area contributed by atoms with Gasteiger partial charge in [0.1, 0.15) is 5.69 Å². The van der Waals surface area contributed by atoms with E-state index in [-0.39, 0.29) is 11.8 Å². The lowest BCUT2D eigenvalue weighted by Gasteiger charge is -2.25. The summed E-state index contributed by atoms with van der Waals surface area (Å²) in [4.78, 5) is 36.6. The zero-order chi connectivity index (χ0) is 21.1. The number of fused-ring (bicyclic) bond motifs is 1. The summed E-state index contributed by atoms with van der Waals surface area (Å²) >= 11 is 1.45. The van der Waals surface area contributed by atoms with Crippen molar-refractivity contribution in [2.24, 2.45) is 0 Å². The third-order valence-corrected chi connectivity index (χ3v) is 5.95. The van der Waals surface area contributed by atoms with Crippen LogP contribution in [0.4, 0.5) is 10.8 Å². The van der Waals surface area contributed by atoms with E-state index in [1.807, 2.05) is 26.0 Å². The number of pyridine rings is 1. The van der Waals surface area contributed by atoms with Crippen LogP contribution in [0, 0.1) is 13.8 Å². The summed E-state index contributed by atoms with van der Waals surface area (Å²) in [6.45, 7) is 5.75. The molecule has 0 atom stereocenters. The molecule has 1 aromatic carbocycles. The van der Waals surface area contributed by atoms with E-state index in [9.17, 15) is 9.59 Å². The highest BCUT2D eigenvalue weighted by molar-refractivity contribution is 7.15. The first-order valence-electron chi connectivity index (χ1n) is 9.78. The number of rotatable bonds is 5. The molecule has 3 aromatic rings. The van der Waals surface area contributed by atoms with Gasteiger partial charge in [-0.2, -0.15) is 0 Å². The van der Waals surface area contributed by atoms with Crippen molar-refractivity contribution in [2.45, 2.75) is 26.8 Å². The van der Waals surface area contributed by atoms with E-state index in [0.29, 0.717) is 23.9 Å². The van der Waals surface area contributed by atoms with Crippen molar-refractivity contribution in [1.29, 1.82) is 0 Å². The molecule has 2 N–H and O–H groups in total. The molecule has 2 amide bonds. The maximum Gasteiger partial charge on any atom is 0.276 e. The molecule has 2 aromatic heterocycles. The zero-order valence-electron chi connectivity index (χ0n) is 16.9. The Morgan fingerprint density at radius 2 is 2.03 bits per heavy atom. The van der Waals surface area contributed by atoms with Gasteiger partial charge in [-0.3, -0.25) is 24.8 Å². The number of carbonyl (C=O) groups is 2. The fourth-order valence-electron chi connectivity index (χ4n) is 3.44. The molecule has 0 radical (unpaired) electrons. The molecule has 0 aliphatic carbocycles. The minimum Gasteiger partial charge on any atom is -0.325 e. The van der Waals surface area contributed by atoms with E-state index in [1.165, 1.54) is 16.9 Å². The number of aryl methyl sites for hydroxylation is 2. The van der Waals surface area contributed by atoms with E-state index < -0.39 is 0 Å². The molecule has 154 valence electrons. The number of hydrogen-bond acceptors (Lipinski definition) is 6.